The fourth-order valence-corrected chi connectivity index (χ4v) is 6.29. The topological polar surface area (TPSA) is 15.8 Å². The van der Waals surface area contributed by atoms with Gasteiger partial charge in [-0.25, -0.2) is 0 Å². The first-order chi connectivity index (χ1) is 14.9. The van der Waals surface area contributed by atoms with Gasteiger partial charge in [0.1, 0.15) is 0 Å². The number of aromatic nitrogens is 1. The van der Waals surface area contributed by atoms with Crippen molar-refractivity contribution in [3.63, 3.8) is 0 Å². The third-order valence-corrected chi connectivity index (χ3v) is 8.00. The van der Waals surface area contributed by atoms with Crippen LogP contribution in [0.15, 0.2) is 72.8 Å². The maximum absolute atomic E-state index is 3.75. The van der Waals surface area contributed by atoms with E-state index in [-0.39, 0.29) is 10.8 Å². The van der Waals surface area contributed by atoms with Gasteiger partial charge in [-0.05, 0) is 68.8 Å². The number of hydrogen-bond donors (Lipinski definition) is 1. The largest absolute Gasteiger partial charge is 0.354 e. The molecule has 0 spiro atoms. The molecular formula is C30H25N. The average Bonchev–Trinajstić information content (AvgIpc) is 3.31. The first-order valence-corrected chi connectivity index (χ1v) is 11.2. The molecule has 0 radical (unpaired) electrons. The van der Waals surface area contributed by atoms with Gasteiger partial charge in [0, 0.05) is 32.6 Å². The first-order valence-electron chi connectivity index (χ1n) is 11.2. The van der Waals surface area contributed by atoms with Gasteiger partial charge in [0.25, 0.3) is 0 Å². The smallest absolute Gasteiger partial charge is 0.0471 e. The third-order valence-electron chi connectivity index (χ3n) is 8.00. The van der Waals surface area contributed by atoms with Crippen LogP contribution in [0.1, 0.15) is 49.9 Å². The van der Waals surface area contributed by atoms with Crippen LogP contribution in [-0.2, 0) is 10.8 Å². The van der Waals surface area contributed by atoms with Crippen LogP contribution in [0.25, 0.3) is 44.1 Å². The number of H-pyrrole nitrogens is 1. The second-order valence-corrected chi connectivity index (χ2v) is 10.4. The summed E-state index contributed by atoms with van der Waals surface area (Å²) < 4.78 is 0. The van der Waals surface area contributed by atoms with Crippen LogP contribution in [0.5, 0.6) is 0 Å². The molecule has 1 aromatic heterocycles. The van der Waals surface area contributed by atoms with Crippen LogP contribution in [0.2, 0.25) is 0 Å². The molecule has 0 aliphatic heterocycles. The Kier molecular flexibility index (Phi) is 2.96. The molecule has 1 nitrogen and oxygen atoms in total. The minimum absolute atomic E-state index is 0.0238. The molecule has 0 bridgehead atoms. The van der Waals surface area contributed by atoms with E-state index < -0.39 is 0 Å². The summed E-state index contributed by atoms with van der Waals surface area (Å²) >= 11 is 0. The van der Waals surface area contributed by atoms with Crippen LogP contribution in [0.4, 0.5) is 0 Å². The van der Waals surface area contributed by atoms with Gasteiger partial charge in [-0.15, -0.1) is 0 Å². The van der Waals surface area contributed by atoms with Crippen LogP contribution in [-0.4, -0.2) is 4.98 Å². The van der Waals surface area contributed by atoms with E-state index in [0.717, 1.165) is 0 Å². The molecule has 7 rings (SSSR count). The number of rotatable bonds is 0. The zero-order valence-electron chi connectivity index (χ0n) is 18.4. The van der Waals surface area contributed by atoms with Crippen molar-refractivity contribution in [2.75, 3.05) is 0 Å². The van der Waals surface area contributed by atoms with Crippen LogP contribution >= 0.6 is 0 Å². The minimum atomic E-state index is 0.0238. The fourth-order valence-electron chi connectivity index (χ4n) is 6.29. The molecule has 4 aromatic carbocycles. The lowest BCUT2D eigenvalue weighted by atomic mass is 9.81. The van der Waals surface area contributed by atoms with Crippen LogP contribution in [0.3, 0.4) is 0 Å². The SMILES string of the molecule is CC1(C)c2ccccc2-c2cc3[nH]c4cc5c(cc4c3cc21)C(C)(C)c1ccccc1-5. The lowest BCUT2D eigenvalue weighted by Gasteiger charge is -2.22. The monoisotopic (exact) mass is 399 g/mol. The van der Waals surface area contributed by atoms with Gasteiger partial charge in [-0.1, -0.05) is 76.2 Å². The van der Waals surface area contributed by atoms with Crippen molar-refractivity contribution in [2.24, 2.45) is 0 Å². The minimum Gasteiger partial charge on any atom is -0.354 e. The van der Waals surface area contributed by atoms with E-state index >= 15 is 0 Å². The van der Waals surface area contributed by atoms with E-state index in [1.54, 1.807) is 0 Å². The Morgan fingerprint density at radius 3 is 1.35 bits per heavy atom. The summed E-state index contributed by atoms with van der Waals surface area (Å²) in [6, 6.07) is 27.4. The maximum atomic E-state index is 3.75. The van der Waals surface area contributed by atoms with Gasteiger partial charge in [0.2, 0.25) is 0 Å². The van der Waals surface area contributed by atoms with Gasteiger partial charge >= 0.3 is 0 Å². The quantitative estimate of drug-likeness (QED) is 0.272. The molecular weight excluding hydrogens is 374 g/mol. The maximum Gasteiger partial charge on any atom is 0.0471 e. The van der Waals surface area contributed by atoms with E-state index in [0.29, 0.717) is 0 Å². The van der Waals surface area contributed by atoms with E-state index in [1.807, 2.05) is 0 Å². The number of benzene rings is 4. The summed E-state index contributed by atoms with van der Waals surface area (Å²) in [7, 11) is 0. The summed E-state index contributed by atoms with van der Waals surface area (Å²) in [6.45, 7) is 9.43. The Labute approximate surface area is 182 Å². The highest BCUT2D eigenvalue weighted by molar-refractivity contribution is 6.11. The van der Waals surface area contributed by atoms with Crippen molar-refractivity contribution in [1.29, 1.82) is 0 Å². The molecule has 2 aliphatic carbocycles. The Morgan fingerprint density at radius 1 is 0.484 bits per heavy atom. The predicted octanol–water partition coefficient (Wildman–Crippen LogP) is 7.93. The summed E-state index contributed by atoms with van der Waals surface area (Å²) in [6.07, 6.45) is 0. The third kappa shape index (κ3) is 1.98. The number of fused-ring (bicyclic) bond motifs is 9. The van der Waals surface area contributed by atoms with Gasteiger partial charge in [-0.2, -0.15) is 0 Å². The number of aromatic amines is 1. The molecule has 2 aliphatic rings. The molecule has 0 atom stereocenters. The number of hydrogen-bond acceptors (Lipinski definition) is 0. The van der Waals surface area contributed by atoms with Gasteiger partial charge in [0.05, 0.1) is 0 Å². The lowest BCUT2D eigenvalue weighted by molar-refractivity contribution is 0.660. The average molecular weight is 400 g/mol. The second kappa shape index (κ2) is 5.29. The predicted molar refractivity (Wildman–Crippen MR) is 131 cm³/mol. The molecule has 0 saturated carbocycles. The van der Waals surface area contributed by atoms with Crippen molar-refractivity contribution in [3.05, 3.63) is 95.1 Å². The molecule has 31 heavy (non-hydrogen) atoms. The van der Waals surface area contributed by atoms with E-state index in [4.69, 9.17) is 0 Å². The molecule has 1 heteroatoms. The molecule has 0 saturated heterocycles. The number of nitrogens with one attached hydrogen (secondary N) is 1. The van der Waals surface area contributed by atoms with Crippen molar-refractivity contribution in [2.45, 2.75) is 38.5 Å². The standard InChI is InChI=1S/C30H25N/c1-29(2)23-11-7-5-9-17(23)19-15-27-21(13-25(19)29)22-14-26-20(16-28(22)31-27)18-10-6-8-12-24(18)30(26,3)4/h5-16,31H,1-4H3. The fraction of sp³-hybridized carbons (Fsp3) is 0.200. The van der Waals surface area contributed by atoms with Crippen LogP contribution < -0.4 is 0 Å². The normalized spacial score (nSPS) is 16.9. The van der Waals surface area contributed by atoms with Crippen molar-refractivity contribution >= 4 is 21.8 Å². The molecule has 5 aromatic rings. The Balaban J connectivity index is 1.55. The summed E-state index contributed by atoms with van der Waals surface area (Å²) in [4.78, 5) is 3.75. The van der Waals surface area contributed by atoms with Crippen molar-refractivity contribution < 1.29 is 0 Å². The molecule has 150 valence electrons. The summed E-state index contributed by atoms with van der Waals surface area (Å²) in [5.41, 5.74) is 13.7. The Morgan fingerprint density at radius 2 is 0.903 bits per heavy atom. The highest BCUT2D eigenvalue weighted by atomic mass is 14.7. The van der Waals surface area contributed by atoms with E-state index in [2.05, 4.69) is 105 Å². The molecule has 0 amide bonds. The van der Waals surface area contributed by atoms with Crippen LogP contribution in [0, 0.1) is 0 Å². The van der Waals surface area contributed by atoms with Crippen molar-refractivity contribution in [1.82, 2.24) is 4.98 Å². The highest BCUT2D eigenvalue weighted by Crippen LogP contribution is 2.52. The molecule has 1 N–H and O–H groups in total. The Hall–Kier alpha value is -3.32. The van der Waals surface area contributed by atoms with Gasteiger partial charge in [-0.3, -0.25) is 0 Å². The zero-order valence-corrected chi connectivity index (χ0v) is 18.4. The first kappa shape index (κ1) is 17.4. The van der Waals surface area contributed by atoms with Crippen molar-refractivity contribution in [3.8, 4) is 22.3 Å². The second-order valence-electron chi connectivity index (χ2n) is 10.4. The summed E-state index contributed by atoms with van der Waals surface area (Å²) in [5, 5.41) is 2.67. The van der Waals surface area contributed by atoms with Gasteiger partial charge in [0.15, 0.2) is 0 Å². The van der Waals surface area contributed by atoms with E-state index in [1.165, 1.54) is 66.3 Å². The molecule has 1 heterocycles. The summed E-state index contributed by atoms with van der Waals surface area (Å²) in [5.74, 6) is 0. The lowest BCUT2D eigenvalue weighted by Crippen LogP contribution is -2.15. The molecule has 0 unspecified atom stereocenters. The highest BCUT2D eigenvalue weighted by Gasteiger charge is 2.37. The zero-order chi connectivity index (χ0) is 21.1. The molecule has 0 fully saturated rings. The van der Waals surface area contributed by atoms with E-state index in [9.17, 15) is 0 Å². The Bertz CT molecular complexity index is 1460. The van der Waals surface area contributed by atoms with Gasteiger partial charge < -0.3 is 4.98 Å².